The van der Waals surface area contributed by atoms with Crippen LogP contribution in [-0.4, -0.2) is 29.1 Å². The molecule has 12 heteroatoms. The van der Waals surface area contributed by atoms with Crippen molar-refractivity contribution in [1.82, 2.24) is 4.72 Å². The zero-order valence-electron chi connectivity index (χ0n) is 20.8. The summed E-state index contributed by atoms with van der Waals surface area (Å²) >= 11 is 5.91. The fourth-order valence-corrected chi connectivity index (χ4v) is 7.08. The van der Waals surface area contributed by atoms with E-state index in [1.807, 2.05) is 0 Å². The van der Waals surface area contributed by atoms with Gasteiger partial charge in [-0.05, 0) is 85.8 Å². The third-order valence-corrected chi connectivity index (χ3v) is 9.60. The number of rotatable bonds is 12. The van der Waals surface area contributed by atoms with E-state index in [0.29, 0.717) is 17.5 Å². The molecule has 38 heavy (non-hydrogen) atoms. The van der Waals surface area contributed by atoms with Gasteiger partial charge in [-0.25, -0.2) is 34.7 Å². The lowest BCUT2D eigenvalue weighted by Crippen LogP contribution is -2.35. The molecule has 0 amide bonds. The molecular formula is C26H28ClF3N2O4S2. The predicted octanol–water partition coefficient (Wildman–Crippen LogP) is 5.98. The Morgan fingerprint density at radius 3 is 2.18 bits per heavy atom. The first-order chi connectivity index (χ1) is 17.9. The van der Waals surface area contributed by atoms with Crippen LogP contribution in [0.15, 0.2) is 65.6 Å². The quantitative estimate of drug-likeness (QED) is 0.264. The minimum atomic E-state index is -4.45. The van der Waals surface area contributed by atoms with E-state index in [4.69, 9.17) is 11.6 Å². The molecule has 6 nitrogen and oxygen atoms in total. The van der Waals surface area contributed by atoms with Gasteiger partial charge in [0.25, 0.3) is 10.0 Å². The lowest BCUT2D eigenvalue weighted by molar-refractivity contribution is 0.568. The molecule has 3 rings (SSSR count). The molecule has 0 aliphatic rings. The zero-order chi connectivity index (χ0) is 28.1. The van der Waals surface area contributed by atoms with Crippen molar-refractivity contribution < 1.29 is 30.0 Å². The summed E-state index contributed by atoms with van der Waals surface area (Å²) in [5.41, 5.74) is 0.271. The number of anilines is 1. The molecule has 0 aromatic heterocycles. The minimum Gasteiger partial charge on any atom is -0.256 e. The maximum atomic E-state index is 15.0. The van der Waals surface area contributed by atoms with Gasteiger partial charge in [0.2, 0.25) is 10.0 Å². The van der Waals surface area contributed by atoms with Crippen LogP contribution in [0.25, 0.3) is 0 Å². The summed E-state index contributed by atoms with van der Waals surface area (Å²) in [6, 6.07) is 10.4. The van der Waals surface area contributed by atoms with Crippen LogP contribution >= 0.6 is 11.6 Å². The highest BCUT2D eigenvalue weighted by atomic mass is 35.5. The summed E-state index contributed by atoms with van der Waals surface area (Å²) in [5, 5.41) is 0.289. The molecule has 3 aromatic rings. The summed E-state index contributed by atoms with van der Waals surface area (Å²) < 4.78 is 98.0. The van der Waals surface area contributed by atoms with Crippen LogP contribution in [0.5, 0.6) is 0 Å². The molecule has 0 radical (unpaired) electrons. The van der Waals surface area contributed by atoms with Crippen LogP contribution in [0.1, 0.15) is 43.9 Å². The second-order valence-corrected chi connectivity index (χ2v) is 12.8. The monoisotopic (exact) mass is 588 g/mol. The van der Waals surface area contributed by atoms with Crippen molar-refractivity contribution in [3.8, 4) is 0 Å². The molecule has 206 valence electrons. The lowest BCUT2D eigenvalue weighted by atomic mass is 9.97. The maximum absolute atomic E-state index is 15.0. The molecule has 1 unspecified atom stereocenters. The zero-order valence-corrected chi connectivity index (χ0v) is 23.2. The number of nitrogens with one attached hydrogen (secondary N) is 1. The highest BCUT2D eigenvalue weighted by Crippen LogP contribution is 2.37. The molecule has 3 aromatic carbocycles. The summed E-state index contributed by atoms with van der Waals surface area (Å²) in [7, 11) is -7.88. The van der Waals surface area contributed by atoms with Crippen molar-refractivity contribution in [2.45, 2.75) is 44.0 Å². The maximum Gasteiger partial charge on any atom is 0.264 e. The average molecular weight is 589 g/mol. The standard InChI is InChI=1S/C26H28ClF3N2O4S2/c1-3-31-37(33,34)15-5-4-6-19-16-21(28)9-13-24(19)18(2)32(26-17-22(29)10-14-25(26)30)38(35,36)23-11-7-20(27)8-12-23/h7-14,16-18,31H,3-6,15H2,1-2H3. The SMILES string of the molecule is CCNS(=O)(=O)CCCCc1cc(F)ccc1C(C)N(c1cc(F)ccc1F)S(=O)(=O)c1ccc(Cl)cc1. The fourth-order valence-electron chi connectivity index (χ4n) is 4.15. The lowest BCUT2D eigenvalue weighted by Gasteiger charge is -2.32. The third kappa shape index (κ3) is 7.28. The van der Waals surface area contributed by atoms with Crippen LogP contribution in [0.3, 0.4) is 0 Å². The minimum absolute atomic E-state index is 0.118. The van der Waals surface area contributed by atoms with E-state index in [-0.39, 0.29) is 35.1 Å². The predicted molar refractivity (Wildman–Crippen MR) is 143 cm³/mol. The molecule has 0 saturated heterocycles. The average Bonchev–Trinajstić information content (AvgIpc) is 2.84. The van der Waals surface area contributed by atoms with Crippen LogP contribution < -0.4 is 9.03 Å². The Morgan fingerprint density at radius 1 is 0.895 bits per heavy atom. The van der Waals surface area contributed by atoms with Gasteiger partial charge in [-0.15, -0.1) is 0 Å². The number of benzene rings is 3. The summed E-state index contributed by atoms with van der Waals surface area (Å²) in [5.74, 6) is -2.49. The highest BCUT2D eigenvalue weighted by Gasteiger charge is 2.33. The number of hydrogen-bond donors (Lipinski definition) is 1. The third-order valence-electron chi connectivity index (χ3n) is 5.90. The van der Waals surface area contributed by atoms with E-state index in [1.54, 1.807) is 6.92 Å². The number of unbranched alkanes of at least 4 members (excludes halogenated alkanes) is 1. The Kier molecular flexibility index (Phi) is 9.85. The van der Waals surface area contributed by atoms with Crippen molar-refractivity contribution in [2.75, 3.05) is 16.6 Å². The molecule has 0 fully saturated rings. The molecule has 0 heterocycles. The first-order valence-corrected chi connectivity index (χ1v) is 15.3. The molecule has 1 atom stereocenters. The largest absolute Gasteiger partial charge is 0.264 e. The van der Waals surface area contributed by atoms with Gasteiger partial charge >= 0.3 is 0 Å². The van der Waals surface area contributed by atoms with Gasteiger partial charge in [0, 0.05) is 17.6 Å². The topological polar surface area (TPSA) is 83.6 Å². The number of sulfonamides is 2. The second-order valence-electron chi connectivity index (χ2n) is 8.64. The number of hydrogen-bond acceptors (Lipinski definition) is 4. The van der Waals surface area contributed by atoms with Gasteiger partial charge in [-0.2, -0.15) is 0 Å². The van der Waals surface area contributed by atoms with E-state index < -0.39 is 49.2 Å². The molecule has 0 aliphatic heterocycles. The van der Waals surface area contributed by atoms with Crippen LogP contribution in [0.2, 0.25) is 5.02 Å². The Labute approximate surface area is 226 Å². The molecule has 0 aliphatic carbocycles. The Hall–Kier alpha value is -2.60. The Balaban J connectivity index is 2.04. The van der Waals surface area contributed by atoms with E-state index in [1.165, 1.54) is 43.3 Å². The van der Waals surface area contributed by atoms with Crippen molar-refractivity contribution in [3.05, 3.63) is 94.3 Å². The van der Waals surface area contributed by atoms with Gasteiger partial charge in [0.05, 0.1) is 22.4 Å². The first kappa shape index (κ1) is 29.9. The molecule has 1 N–H and O–H groups in total. The molecule has 0 bridgehead atoms. The fraction of sp³-hybridized carbons (Fsp3) is 0.308. The normalized spacial score (nSPS) is 12.9. The van der Waals surface area contributed by atoms with Gasteiger partial charge in [-0.1, -0.05) is 24.6 Å². The van der Waals surface area contributed by atoms with E-state index in [9.17, 15) is 30.0 Å². The molecular weight excluding hydrogens is 561 g/mol. The van der Waals surface area contributed by atoms with E-state index >= 15 is 0 Å². The van der Waals surface area contributed by atoms with Crippen LogP contribution in [-0.2, 0) is 26.5 Å². The Morgan fingerprint density at radius 2 is 1.53 bits per heavy atom. The van der Waals surface area contributed by atoms with Gasteiger partial charge in [0.1, 0.15) is 17.5 Å². The van der Waals surface area contributed by atoms with Crippen LogP contribution in [0.4, 0.5) is 18.9 Å². The van der Waals surface area contributed by atoms with Gasteiger partial charge in [0.15, 0.2) is 0 Å². The summed E-state index contributed by atoms with van der Waals surface area (Å²) in [4.78, 5) is -0.199. The Bertz CT molecular complexity index is 1480. The van der Waals surface area contributed by atoms with E-state index in [0.717, 1.165) is 28.6 Å². The number of halogens is 4. The van der Waals surface area contributed by atoms with Crippen molar-refractivity contribution in [3.63, 3.8) is 0 Å². The summed E-state index contributed by atoms with van der Waals surface area (Å²) in [6.45, 7) is 3.43. The second kappa shape index (κ2) is 12.5. The summed E-state index contributed by atoms with van der Waals surface area (Å²) in [6.07, 6.45) is 0.885. The van der Waals surface area contributed by atoms with Gasteiger partial charge in [-0.3, -0.25) is 4.31 Å². The first-order valence-electron chi connectivity index (χ1n) is 11.9. The molecule has 0 saturated carbocycles. The van der Waals surface area contributed by atoms with Crippen molar-refractivity contribution in [2.24, 2.45) is 0 Å². The van der Waals surface area contributed by atoms with Gasteiger partial charge < -0.3 is 0 Å². The number of nitrogens with zero attached hydrogens (tertiary/aromatic N) is 1. The van der Waals surface area contributed by atoms with E-state index in [2.05, 4.69) is 4.72 Å². The van der Waals surface area contributed by atoms with Crippen molar-refractivity contribution in [1.29, 1.82) is 0 Å². The molecule has 0 spiro atoms. The smallest absolute Gasteiger partial charge is 0.256 e. The highest BCUT2D eigenvalue weighted by molar-refractivity contribution is 7.92. The van der Waals surface area contributed by atoms with Crippen LogP contribution in [0, 0.1) is 17.5 Å². The number of aryl methyl sites for hydroxylation is 1. The van der Waals surface area contributed by atoms with Crippen molar-refractivity contribution >= 4 is 37.3 Å².